The lowest BCUT2D eigenvalue weighted by atomic mass is 9.99. The molecule has 1 aliphatic heterocycles. The molecule has 23 nitrogen and oxygen atoms in total. The summed E-state index contributed by atoms with van der Waals surface area (Å²) in [5.41, 5.74) is 12.7. The Labute approximate surface area is 482 Å². The first kappa shape index (κ1) is 66.9. The summed E-state index contributed by atoms with van der Waals surface area (Å²) in [4.78, 5) is 124. The number of rotatable bonds is 39. The number of imidazole rings is 1. The maximum Gasteiger partial charge on any atom is 0.326 e. The van der Waals surface area contributed by atoms with Crippen LogP contribution in [0.15, 0.2) is 72.1 Å². The number of nitrogens with two attached hydrogens (primary N) is 2. The second-order valence-electron chi connectivity index (χ2n) is 21.6. The molecule has 7 atom stereocenters. The lowest BCUT2D eigenvalue weighted by Gasteiger charge is -2.31. The number of likely N-dealkylation sites (tertiary alicyclic amines) is 1. The minimum atomic E-state index is -1.35. The first-order chi connectivity index (χ1) is 39.4. The Morgan fingerprint density at radius 1 is 0.671 bits per heavy atom. The number of H-pyrrole nitrogens is 1. The number of carboxylic acids is 1. The quantitative estimate of drug-likeness (QED) is 0.0222. The van der Waals surface area contributed by atoms with Crippen LogP contribution in [0.5, 0.6) is 5.75 Å². The van der Waals surface area contributed by atoms with E-state index in [-0.39, 0.29) is 69.9 Å². The van der Waals surface area contributed by atoms with Crippen molar-refractivity contribution in [2.24, 2.45) is 22.4 Å². The fourth-order valence-corrected chi connectivity index (χ4v) is 9.95. The van der Waals surface area contributed by atoms with E-state index >= 15 is 0 Å². The number of aromatic hydroxyl groups is 1. The summed E-state index contributed by atoms with van der Waals surface area (Å²) < 4.78 is 0. The number of aromatic nitrogens is 2. The van der Waals surface area contributed by atoms with E-state index < -0.39 is 95.5 Å². The van der Waals surface area contributed by atoms with E-state index in [1.165, 1.54) is 68.1 Å². The van der Waals surface area contributed by atoms with Crippen molar-refractivity contribution >= 4 is 53.3 Å². The number of guanidine groups is 1. The van der Waals surface area contributed by atoms with Crippen molar-refractivity contribution in [2.45, 2.75) is 191 Å². The van der Waals surface area contributed by atoms with Crippen LogP contribution in [0.4, 0.5) is 0 Å². The van der Waals surface area contributed by atoms with Gasteiger partial charge in [-0.3, -0.25) is 38.6 Å². The first-order valence-corrected chi connectivity index (χ1v) is 29.2. The topological polar surface area (TPSA) is 358 Å². The molecule has 0 spiro atoms. The van der Waals surface area contributed by atoms with E-state index in [9.17, 15) is 48.6 Å². The average molecular weight is 1140 g/mol. The zero-order chi connectivity index (χ0) is 59.8. The predicted octanol–water partition coefficient (Wildman–Crippen LogP) is 3.15. The Hall–Kier alpha value is -7.56. The molecule has 0 bridgehead atoms. The van der Waals surface area contributed by atoms with Crippen LogP contribution in [-0.4, -0.2) is 147 Å². The first-order valence-electron chi connectivity index (χ1n) is 29.2. The van der Waals surface area contributed by atoms with Gasteiger partial charge in [0.15, 0.2) is 5.96 Å². The molecule has 2 aromatic carbocycles. The van der Waals surface area contributed by atoms with E-state index in [1.54, 1.807) is 63.4 Å². The van der Waals surface area contributed by atoms with Crippen molar-refractivity contribution in [3.63, 3.8) is 0 Å². The zero-order valence-electron chi connectivity index (χ0n) is 48.4. The number of aromatic amines is 1. The number of hydrogen-bond donors (Lipinski definition) is 12. The van der Waals surface area contributed by atoms with Crippen LogP contribution in [0, 0.1) is 5.92 Å². The van der Waals surface area contributed by atoms with Gasteiger partial charge in [-0.15, -0.1) is 0 Å². The molecule has 7 amide bonds. The Kier molecular flexibility index (Phi) is 30.0. The molecule has 4 rings (SSSR count). The predicted molar refractivity (Wildman–Crippen MR) is 313 cm³/mol. The number of phenols is 1. The molecule has 3 aromatic rings. The molecule has 0 saturated carbocycles. The summed E-state index contributed by atoms with van der Waals surface area (Å²) in [5, 5.41) is 39.7. The summed E-state index contributed by atoms with van der Waals surface area (Å²) >= 11 is 0. The van der Waals surface area contributed by atoms with Gasteiger partial charge in [-0.1, -0.05) is 140 Å². The molecule has 1 aliphatic rings. The van der Waals surface area contributed by atoms with Crippen LogP contribution in [-0.2, 0) is 57.6 Å². The van der Waals surface area contributed by atoms with Gasteiger partial charge in [-0.05, 0) is 68.3 Å². The highest BCUT2D eigenvalue weighted by atomic mass is 16.4. The van der Waals surface area contributed by atoms with Crippen LogP contribution in [0.25, 0.3) is 0 Å². The lowest BCUT2D eigenvalue weighted by Crippen LogP contribution is -2.61. The van der Waals surface area contributed by atoms with E-state index in [2.05, 4.69) is 59.1 Å². The number of carbonyl (C=O) groups excluding carboxylic acids is 7. The summed E-state index contributed by atoms with van der Waals surface area (Å²) in [7, 11) is 1.58. The number of benzene rings is 2. The van der Waals surface area contributed by atoms with E-state index in [0.717, 1.165) is 32.1 Å². The molecular weight excluding hydrogens is 1050 g/mol. The van der Waals surface area contributed by atoms with Gasteiger partial charge in [0.2, 0.25) is 41.4 Å². The largest absolute Gasteiger partial charge is 0.508 e. The number of amides is 7. The third-order valence-corrected chi connectivity index (χ3v) is 14.5. The van der Waals surface area contributed by atoms with Crippen molar-refractivity contribution in [3.05, 3.63) is 83.9 Å². The van der Waals surface area contributed by atoms with Gasteiger partial charge in [-0.25, -0.2) is 9.78 Å². The SMILES string of the molecule is CCCCCCCCCCCCCC[C@H](NC(=O)[C@H](Cc1ccc(O)cc1)NC(=O)[C@@H](NC(=O)[C@H](CCCN=C(N)N)NC(=O)CNC)C(C)C)C(=O)N[C@@H](Cc1cnc[nH]1)C(=O)N1CCC[C@H]1C(=O)N[C@@H](Cc1ccccc1)C(=O)O. The number of nitrogens with one attached hydrogen (secondary N) is 8. The molecule has 1 aromatic heterocycles. The molecule has 2 heterocycles. The Morgan fingerprint density at radius 2 is 1.23 bits per heavy atom. The van der Waals surface area contributed by atoms with Gasteiger partial charge < -0.3 is 68.8 Å². The second kappa shape index (κ2) is 36.7. The van der Waals surface area contributed by atoms with Crippen LogP contribution < -0.4 is 48.7 Å². The molecular formula is C59H91N13O10. The van der Waals surface area contributed by atoms with Crippen molar-refractivity contribution < 1.29 is 48.6 Å². The number of aliphatic imine (C=N–C) groups is 1. The van der Waals surface area contributed by atoms with Gasteiger partial charge in [0.1, 0.15) is 48.0 Å². The van der Waals surface area contributed by atoms with E-state index in [0.29, 0.717) is 36.1 Å². The standard InChI is InChI=1S/C59H91N13O10/c1-5-6-7-8-9-10-11-12-13-14-15-19-24-45(52(75)69-47(35-42-36-63-38-65-42)57(80)72-32-21-26-49(72)55(78)70-48(58(81)82)34-40-22-17-16-18-23-40)67-54(77)46(33-41-27-29-43(73)30-28-41)68-56(79)51(39(2)3)71-53(76)44(66-50(74)37-62-4)25-20-31-64-59(60)61/h16-18,22-23,27-30,36,38-39,44-49,51,62,73H,5-15,19-21,24-26,31-35,37H2,1-4H3,(H,63,65)(H,66,74)(H,67,77)(H,68,79)(H,69,75)(H,70,78)(H,71,76)(H,81,82)(H4,60,61,64)/t44-,45-,46-,47-,48-,49-,51-/m0/s1. The minimum absolute atomic E-state index is 0.0180. The molecule has 23 heteroatoms. The number of aliphatic carboxylic acids is 1. The van der Waals surface area contributed by atoms with Gasteiger partial charge in [-0.2, -0.15) is 0 Å². The number of hydrogen-bond acceptors (Lipinski definition) is 12. The third kappa shape index (κ3) is 24.3. The van der Waals surface area contributed by atoms with Gasteiger partial charge in [0, 0.05) is 44.2 Å². The third-order valence-electron chi connectivity index (χ3n) is 14.5. The van der Waals surface area contributed by atoms with Crippen LogP contribution in [0.1, 0.15) is 147 Å². The molecule has 0 radical (unpaired) electrons. The van der Waals surface area contributed by atoms with Gasteiger partial charge >= 0.3 is 5.97 Å². The summed E-state index contributed by atoms with van der Waals surface area (Å²) in [6, 6.07) is 6.44. The lowest BCUT2D eigenvalue weighted by molar-refractivity contribution is -0.145. The minimum Gasteiger partial charge on any atom is -0.508 e. The van der Waals surface area contributed by atoms with Crippen molar-refractivity contribution in [1.82, 2.24) is 52.1 Å². The van der Waals surface area contributed by atoms with E-state index in [4.69, 9.17) is 11.5 Å². The fraction of sp³-hybridized carbons (Fsp3) is 0.593. The molecule has 0 aliphatic carbocycles. The Morgan fingerprint density at radius 3 is 1.83 bits per heavy atom. The number of unbranched alkanes of at least 4 members (excludes halogenated alkanes) is 11. The molecule has 452 valence electrons. The second-order valence-corrected chi connectivity index (χ2v) is 21.6. The normalized spacial score (nSPS) is 15.2. The summed E-state index contributed by atoms with van der Waals surface area (Å²) in [5.74, 6) is -6.46. The molecule has 82 heavy (non-hydrogen) atoms. The van der Waals surface area contributed by atoms with Gasteiger partial charge in [0.25, 0.3) is 0 Å². The molecule has 0 unspecified atom stereocenters. The average Bonchev–Trinajstić information content (AvgIpc) is 4.25. The van der Waals surface area contributed by atoms with Crippen LogP contribution in [0.3, 0.4) is 0 Å². The molecule has 14 N–H and O–H groups in total. The Bertz CT molecular complexity index is 2470. The zero-order valence-corrected chi connectivity index (χ0v) is 48.4. The van der Waals surface area contributed by atoms with Crippen LogP contribution in [0.2, 0.25) is 0 Å². The number of carbonyl (C=O) groups is 8. The number of carboxylic acid groups (broad SMARTS) is 1. The van der Waals surface area contributed by atoms with Crippen molar-refractivity contribution in [2.75, 3.05) is 26.7 Å². The Balaban J connectivity index is 1.61. The monoisotopic (exact) mass is 1140 g/mol. The highest BCUT2D eigenvalue weighted by Crippen LogP contribution is 2.22. The number of nitrogens with zero attached hydrogens (tertiary/aromatic N) is 3. The van der Waals surface area contributed by atoms with Crippen molar-refractivity contribution in [3.8, 4) is 5.75 Å². The highest BCUT2D eigenvalue weighted by molar-refractivity contribution is 5.98. The van der Waals surface area contributed by atoms with Crippen molar-refractivity contribution in [1.29, 1.82) is 0 Å². The maximum atomic E-state index is 14.9. The number of likely N-dealkylation sites (N-methyl/N-ethyl adjacent to an activating group) is 1. The highest BCUT2D eigenvalue weighted by Gasteiger charge is 2.40. The fourth-order valence-electron chi connectivity index (χ4n) is 9.95. The summed E-state index contributed by atoms with van der Waals surface area (Å²) in [6.07, 6.45) is 16.8. The van der Waals surface area contributed by atoms with Gasteiger partial charge in [0.05, 0.1) is 12.9 Å². The van der Waals surface area contributed by atoms with E-state index in [1.807, 2.05) is 0 Å². The number of phenolic OH excluding ortho intramolecular Hbond substituents is 1. The van der Waals surface area contributed by atoms with Crippen LogP contribution >= 0.6 is 0 Å². The maximum absolute atomic E-state index is 14.9. The summed E-state index contributed by atoms with van der Waals surface area (Å²) in [6.45, 7) is 5.87. The molecule has 1 saturated heterocycles. The molecule has 1 fully saturated rings. The smallest absolute Gasteiger partial charge is 0.326 e.